The van der Waals surface area contributed by atoms with Crippen LogP contribution in [0.3, 0.4) is 0 Å². The van der Waals surface area contributed by atoms with Crippen LogP contribution in [0.4, 0.5) is 0 Å². The molecule has 22 heavy (non-hydrogen) atoms. The van der Waals surface area contributed by atoms with E-state index in [1.165, 1.54) is 11.1 Å². The number of hydrogen-bond acceptors (Lipinski definition) is 3. The van der Waals surface area contributed by atoms with Crippen molar-refractivity contribution in [3.63, 3.8) is 0 Å². The number of hydrogen-bond donors (Lipinski definition) is 2. The standard InChI is InChI=1S/C17H24N2O2.ClH/c1-11-10-12(8-9-18-11)17(20)19-15-7-6-14-13(15)4-3-5-16(14)21-2;/h3-5,11-12,15,18H,6-10H2,1-2H3,(H,19,20);1H/t11-,12-,15?;/m0./s1. The predicted molar refractivity (Wildman–Crippen MR) is 89.6 cm³/mol. The number of carbonyl (C=O) groups excluding carboxylic acids is 1. The maximum absolute atomic E-state index is 12.5. The zero-order valence-electron chi connectivity index (χ0n) is 13.2. The van der Waals surface area contributed by atoms with Gasteiger partial charge in [0.05, 0.1) is 13.2 Å². The summed E-state index contributed by atoms with van der Waals surface area (Å²) in [5.74, 6) is 1.31. The van der Waals surface area contributed by atoms with E-state index < -0.39 is 0 Å². The van der Waals surface area contributed by atoms with Gasteiger partial charge in [-0.2, -0.15) is 0 Å². The number of methoxy groups -OCH3 is 1. The lowest BCUT2D eigenvalue weighted by atomic mass is 9.92. The molecular weight excluding hydrogens is 300 g/mol. The fourth-order valence-corrected chi connectivity index (χ4v) is 3.62. The van der Waals surface area contributed by atoms with Crippen LogP contribution in [0.25, 0.3) is 0 Å². The molecule has 1 amide bonds. The van der Waals surface area contributed by atoms with Crippen molar-refractivity contribution in [3.05, 3.63) is 29.3 Å². The third-order valence-corrected chi connectivity index (χ3v) is 4.76. The molecule has 0 spiro atoms. The van der Waals surface area contributed by atoms with Crippen LogP contribution >= 0.6 is 12.4 Å². The fraction of sp³-hybridized carbons (Fsp3) is 0.588. The van der Waals surface area contributed by atoms with Crippen molar-refractivity contribution in [1.29, 1.82) is 0 Å². The summed E-state index contributed by atoms with van der Waals surface area (Å²) in [6.45, 7) is 3.09. The Morgan fingerprint density at radius 1 is 1.36 bits per heavy atom. The van der Waals surface area contributed by atoms with E-state index >= 15 is 0 Å². The van der Waals surface area contributed by atoms with Gasteiger partial charge in [0, 0.05) is 12.0 Å². The number of carbonyl (C=O) groups is 1. The Morgan fingerprint density at radius 2 is 2.18 bits per heavy atom. The molecule has 1 aromatic carbocycles. The maximum atomic E-state index is 12.5. The third kappa shape index (κ3) is 3.39. The van der Waals surface area contributed by atoms with Gasteiger partial charge in [-0.25, -0.2) is 0 Å². The highest BCUT2D eigenvalue weighted by atomic mass is 35.5. The first-order valence-electron chi connectivity index (χ1n) is 7.88. The zero-order chi connectivity index (χ0) is 14.8. The van der Waals surface area contributed by atoms with Crippen molar-refractivity contribution in [2.45, 2.75) is 44.7 Å². The topological polar surface area (TPSA) is 50.4 Å². The number of ether oxygens (including phenoxy) is 1. The average Bonchev–Trinajstić information content (AvgIpc) is 2.90. The van der Waals surface area contributed by atoms with Crippen LogP contribution in [0.15, 0.2) is 18.2 Å². The van der Waals surface area contributed by atoms with Crippen LogP contribution in [-0.4, -0.2) is 25.6 Å². The van der Waals surface area contributed by atoms with Gasteiger partial charge in [0.25, 0.3) is 0 Å². The number of benzene rings is 1. The summed E-state index contributed by atoms with van der Waals surface area (Å²) in [7, 11) is 1.71. The van der Waals surface area contributed by atoms with Crippen LogP contribution in [-0.2, 0) is 11.2 Å². The summed E-state index contributed by atoms with van der Waals surface area (Å²) in [5.41, 5.74) is 2.48. The van der Waals surface area contributed by atoms with Gasteiger partial charge in [-0.15, -0.1) is 12.4 Å². The SMILES string of the molecule is COc1cccc2c1CCC2NC(=O)[C@H]1CCN[C@@H](C)C1.Cl. The van der Waals surface area contributed by atoms with Crippen LogP contribution in [0.5, 0.6) is 5.75 Å². The highest BCUT2D eigenvalue weighted by molar-refractivity contribution is 5.85. The molecule has 2 N–H and O–H groups in total. The van der Waals surface area contributed by atoms with Crippen molar-refractivity contribution in [2.24, 2.45) is 5.92 Å². The van der Waals surface area contributed by atoms with E-state index in [0.29, 0.717) is 6.04 Å². The highest BCUT2D eigenvalue weighted by Gasteiger charge is 2.30. The van der Waals surface area contributed by atoms with E-state index in [-0.39, 0.29) is 30.3 Å². The predicted octanol–water partition coefficient (Wildman–Crippen LogP) is 2.61. The Bertz CT molecular complexity index is 535. The normalized spacial score (nSPS) is 26.7. The van der Waals surface area contributed by atoms with Crippen LogP contribution < -0.4 is 15.4 Å². The first-order chi connectivity index (χ1) is 10.2. The van der Waals surface area contributed by atoms with Gasteiger partial charge < -0.3 is 15.4 Å². The van der Waals surface area contributed by atoms with Gasteiger partial charge in [-0.3, -0.25) is 4.79 Å². The summed E-state index contributed by atoms with van der Waals surface area (Å²) >= 11 is 0. The first kappa shape index (κ1) is 17.1. The summed E-state index contributed by atoms with van der Waals surface area (Å²) in [6, 6.07) is 6.70. The number of fused-ring (bicyclic) bond motifs is 1. The summed E-state index contributed by atoms with van der Waals surface area (Å²) in [6.07, 6.45) is 3.83. The Kier molecular flexibility index (Phi) is 5.70. The number of halogens is 1. The molecule has 4 nitrogen and oxygen atoms in total. The van der Waals surface area contributed by atoms with E-state index in [1.807, 2.05) is 12.1 Å². The van der Waals surface area contributed by atoms with Gasteiger partial charge in [-0.1, -0.05) is 12.1 Å². The molecule has 2 aliphatic rings. The van der Waals surface area contributed by atoms with Crippen molar-refractivity contribution in [1.82, 2.24) is 10.6 Å². The molecule has 1 saturated heterocycles. The number of amides is 1. The number of nitrogens with one attached hydrogen (secondary N) is 2. The molecule has 1 unspecified atom stereocenters. The van der Waals surface area contributed by atoms with E-state index in [2.05, 4.69) is 23.6 Å². The summed E-state index contributed by atoms with van der Waals surface area (Å²) in [5, 5.41) is 6.65. The van der Waals surface area contributed by atoms with Crippen LogP contribution in [0.2, 0.25) is 0 Å². The average molecular weight is 325 g/mol. The molecule has 5 heteroatoms. The molecule has 0 aromatic heterocycles. The van der Waals surface area contributed by atoms with E-state index in [9.17, 15) is 4.79 Å². The van der Waals surface area contributed by atoms with Crippen LogP contribution in [0, 0.1) is 5.92 Å². The van der Waals surface area contributed by atoms with Crippen molar-refractivity contribution >= 4 is 18.3 Å². The van der Waals surface area contributed by atoms with E-state index in [1.54, 1.807) is 7.11 Å². The maximum Gasteiger partial charge on any atom is 0.223 e. The first-order valence-corrected chi connectivity index (χ1v) is 7.88. The van der Waals surface area contributed by atoms with Crippen molar-refractivity contribution < 1.29 is 9.53 Å². The quantitative estimate of drug-likeness (QED) is 0.898. The minimum absolute atomic E-state index is 0. The van der Waals surface area contributed by atoms with Crippen molar-refractivity contribution in [2.75, 3.05) is 13.7 Å². The summed E-state index contributed by atoms with van der Waals surface area (Å²) < 4.78 is 5.42. The minimum Gasteiger partial charge on any atom is -0.496 e. The second-order valence-corrected chi connectivity index (χ2v) is 6.20. The molecule has 1 fully saturated rings. The Balaban J connectivity index is 0.00000176. The molecule has 0 saturated carbocycles. The third-order valence-electron chi connectivity index (χ3n) is 4.76. The van der Waals surface area contributed by atoms with Gasteiger partial charge in [0.1, 0.15) is 5.75 Å². The Morgan fingerprint density at radius 3 is 2.91 bits per heavy atom. The molecule has 122 valence electrons. The minimum atomic E-state index is 0. The van der Waals surface area contributed by atoms with Gasteiger partial charge in [0.15, 0.2) is 0 Å². The Hall–Kier alpha value is -1.26. The second-order valence-electron chi connectivity index (χ2n) is 6.20. The van der Waals surface area contributed by atoms with Gasteiger partial charge in [0.2, 0.25) is 5.91 Å². The van der Waals surface area contributed by atoms with E-state index in [0.717, 1.165) is 38.0 Å². The molecule has 1 aliphatic carbocycles. The number of piperidine rings is 1. The van der Waals surface area contributed by atoms with Gasteiger partial charge >= 0.3 is 0 Å². The lowest BCUT2D eigenvalue weighted by Gasteiger charge is -2.28. The summed E-state index contributed by atoms with van der Waals surface area (Å²) in [4.78, 5) is 12.5. The van der Waals surface area contributed by atoms with Crippen LogP contribution in [0.1, 0.15) is 43.4 Å². The van der Waals surface area contributed by atoms with E-state index in [4.69, 9.17) is 4.74 Å². The molecule has 3 rings (SSSR count). The molecule has 1 heterocycles. The molecule has 1 aromatic rings. The molecular formula is C17H25ClN2O2. The Labute approximate surface area is 138 Å². The highest BCUT2D eigenvalue weighted by Crippen LogP contribution is 2.37. The number of rotatable bonds is 3. The van der Waals surface area contributed by atoms with Gasteiger partial charge in [-0.05, 0) is 56.3 Å². The molecule has 0 radical (unpaired) electrons. The monoisotopic (exact) mass is 324 g/mol. The molecule has 1 aliphatic heterocycles. The smallest absolute Gasteiger partial charge is 0.223 e. The molecule has 0 bridgehead atoms. The van der Waals surface area contributed by atoms with Crippen molar-refractivity contribution in [3.8, 4) is 5.75 Å². The second kappa shape index (κ2) is 7.34. The molecule has 3 atom stereocenters. The lowest BCUT2D eigenvalue weighted by molar-refractivity contribution is -0.126. The largest absolute Gasteiger partial charge is 0.496 e. The zero-order valence-corrected chi connectivity index (χ0v) is 14.0. The lowest BCUT2D eigenvalue weighted by Crippen LogP contribution is -2.43. The fourth-order valence-electron chi connectivity index (χ4n) is 3.62.